The Balaban J connectivity index is 0.00000469. The summed E-state index contributed by atoms with van der Waals surface area (Å²) in [4.78, 5) is 4.87. The molecule has 0 atom stereocenters. The predicted octanol–water partition coefficient (Wildman–Crippen LogP) is 14.2. The molecule has 0 amide bonds. The summed E-state index contributed by atoms with van der Waals surface area (Å²) in [5, 5.41) is 2.23. The molecule has 3 aromatic heterocycles. The molecule has 6 heteroatoms. The molecule has 0 radical (unpaired) electrons. The number of hydrogen-bond acceptors (Lipinski definition) is 2. The van der Waals surface area contributed by atoms with E-state index >= 15 is 0 Å². The summed E-state index contributed by atoms with van der Waals surface area (Å²) < 4.78 is 13.3. The number of pyridine rings is 1. The van der Waals surface area contributed by atoms with Crippen LogP contribution in [0, 0.1) is 18.5 Å². The third kappa shape index (κ3) is 6.45. The quantitative estimate of drug-likeness (QED) is 0.130. The topological polar surface area (TPSA) is 35.9 Å². The summed E-state index contributed by atoms with van der Waals surface area (Å²) in [6.07, 6.45) is 6.85. The van der Waals surface area contributed by atoms with Crippen molar-refractivity contribution in [3.8, 4) is 62.1 Å². The molecule has 65 heavy (non-hydrogen) atoms. The number of nitrogens with zero attached hydrogens (tertiary/aromatic N) is 4. The number of aromatic nitrogens is 4. The summed E-state index contributed by atoms with van der Waals surface area (Å²) >= 11 is 0. The summed E-state index contributed by atoms with van der Waals surface area (Å²) in [6.45, 7) is 16.3. The molecule has 0 spiro atoms. The van der Waals surface area contributed by atoms with Crippen molar-refractivity contribution in [2.24, 2.45) is 0 Å². The second kappa shape index (κ2) is 14.7. The monoisotopic (exact) mass is 1020 g/mol. The van der Waals surface area contributed by atoms with Gasteiger partial charge >= 0.3 is 0 Å². The van der Waals surface area contributed by atoms with Crippen molar-refractivity contribution in [1.82, 2.24) is 14.1 Å². The van der Waals surface area contributed by atoms with Gasteiger partial charge in [0, 0.05) is 44.3 Å². The maximum Gasteiger partial charge on any atom is 0.268 e. The van der Waals surface area contributed by atoms with E-state index < -0.39 is 0 Å². The van der Waals surface area contributed by atoms with Crippen LogP contribution >= 0.6 is 0 Å². The normalized spacial score (nSPS) is 14.4. The number of fused-ring (bicyclic) bond motifs is 11. The molecule has 10 aromatic rings. The van der Waals surface area contributed by atoms with Gasteiger partial charge in [-0.05, 0) is 114 Å². The van der Waals surface area contributed by atoms with Gasteiger partial charge in [0.15, 0.2) is 0 Å². The fourth-order valence-electron chi connectivity index (χ4n) is 11.0. The van der Waals surface area contributed by atoms with E-state index in [9.17, 15) is 0 Å². The zero-order valence-electron chi connectivity index (χ0n) is 37.7. The zero-order chi connectivity index (χ0) is 43.7. The van der Waals surface area contributed by atoms with E-state index in [1.165, 1.54) is 44.5 Å². The Hall–Kier alpha value is -6.55. The molecule has 322 valence electrons. The van der Waals surface area contributed by atoms with Gasteiger partial charge in [-0.25, -0.2) is 4.98 Å². The van der Waals surface area contributed by atoms with E-state index in [0.29, 0.717) is 11.5 Å². The van der Waals surface area contributed by atoms with Crippen LogP contribution in [0.5, 0.6) is 11.5 Å². The van der Waals surface area contributed by atoms with Gasteiger partial charge in [0.2, 0.25) is 0 Å². The van der Waals surface area contributed by atoms with E-state index in [2.05, 4.69) is 208 Å². The van der Waals surface area contributed by atoms with Crippen molar-refractivity contribution in [2.75, 3.05) is 0 Å². The van der Waals surface area contributed by atoms with Gasteiger partial charge in [0.05, 0.1) is 16.7 Å². The van der Waals surface area contributed by atoms with Crippen LogP contribution in [-0.4, -0.2) is 14.1 Å². The Morgan fingerprint density at radius 3 is 2.00 bits per heavy atom. The molecule has 0 unspecified atom stereocenters. The molecule has 1 aliphatic heterocycles. The zero-order valence-corrected chi connectivity index (χ0v) is 39.9. The van der Waals surface area contributed by atoms with Crippen molar-refractivity contribution in [2.45, 2.75) is 71.1 Å². The summed E-state index contributed by atoms with van der Waals surface area (Å²) in [7, 11) is 0. The van der Waals surface area contributed by atoms with Crippen LogP contribution in [0.4, 0.5) is 0 Å². The van der Waals surface area contributed by atoms with Gasteiger partial charge in [-0.1, -0.05) is 139 Å². The Morgan fingerprint density at radius 2 is 1.23 bits per heavy atom. The van der Waals surface area contributed by atoms with E-state index in [1.54, 1.807) is 0 Å². The molecule has 12 rings (SSSR count). The first kappa shape index (κ1) is 41.2. The maximum atomic E-state index is 6.68. The van der Waals surface area contributed by atoms with Gasteiger partial charge in [-0.15, -0.1) is 29.7 Å². The molecule has 2 aliphatic rings. The average Bonchev–Trinajstić information content (AvgIpc) is 3.90. The van der Waals surface area contributed by atoms with Crippen LogP contribution in [0.3, 0.4) is 0 Å². The molecule has 0 saturated carbocycles. The Morgan fingerprint density at radius 1 is 0.600 bits per heavy atom. The smallest absolute Gasteiger partial charge is 0.268 e. The van der Waals surface area contributed by atoms with Crippen molar-refractivity contribution in [3.63, 3.8) is 0 Å². The molecular weight excluding hydrogens is 976 g/mol. The largest absolute Gasteiger partial charge is 0.510 e. The first-order valence-corrected chi connectivity index (χ1v) is 22.3. The maximum absolute atomic E-state index is 6.68. The molecule has 0 N–H and O–H groups in total. The number of rotatable bonds is 4. The minimum Gasteiger partial charge on any atom is -0.510 e. The number of benzene rings is 7. The molecule has 0 bridgehead atoms. The number of hydrogen-bond donors (Lipinski definition) is 0. The van der Waals surface area contributed by atoms with E-state index in [0.717, 1.165) is 62.0 Å². The first-order chi connectivity index (χ1) is 30.8. The number of ether oxygens (including phenoxy) is 1. The third-order valence-corrected chi connectivity index (χ3v) is 13.7. The summed E-state index contributed by atoms with van der Waals surface area (Å²) in [5.74, 6) is 2.04. The number of imidazole rings is 1. The minimum absolute atomic E-state index is 0. The molecule has 5 nitrogen and oxygen atoms in total. The van der Waals surface area contributed by atoms with E-state index in [1.807, 2.05) is 24.4 Å². The van der Waals surface area contributed by atoms with Gasteiger partial charge in [-0.3, -0.25) is 4.57 Å². The first-order valence-electron chi connectivity index (χ1n) is 22.3. The standard InChI is InChI=1S/C59H48N4O.Pt/c1-57(2,3)37-28-29-60-55(30-37)63-52-24-13-11-20-43(52)45-27-26-40(32-54(45)63)64-39-17-14-16-38(31-39)61-36-62-51-23-12-10-21-44(51)48-34-50-49(58(4,5)35-59(50,6)7)33-47(48)42-19-9-8-18-41(42)46-22-15-25-53(61)56(46)62;/h8-30,33-34H,35H2,1-7H3;/q-2;. The molecule has 0 fully saturated rings. The van der Waals surface area contributed by atoms with Crippen LogP contribution in [-0.2, 0) is 37.3 Å². The fourth-order valence-corrected chi connectivity index (χ4v) is 11.0. The van der Waals surface area contributed by atoms with Crippen molar-refractivity contribution in [1.29, 1.82) is 0 Å². The predicted molar refractivity (Wildman–Crippen MR) is 259 cm³/mol. The van der Waals surface area contributed by atoms with Crippen molar-refractivity contribution < 1.29 is 30.4 Å². The van der Waals surface area contributed by atoms with Crippen LogP contribution in [0.15, 0.2) is 152 Å². The molecule has 7 aromatic carbocycles. The molecule has 0 saturated heterocycles. The van der Waals surface area contributed by atoms with Gasteiger partial charge in [0.1, 0.15) is 5.82 Å². The molecule has 4 heterocycles. The second-order valence-electron chi connectivity index (χ2n) is 20.0. The van der Waals surface area contributed by atoms with Gasteiger partial charge in [-0.2, -0.15) is 18.2 Å². The minimum atomic E-state index is -0.0253. The average molecular weight is 1020 g/mol. The van der Waals surface area contributed by atoms with Crippen molar-refractivity contribution in [3.05, 3.63) is 187 Å². The second-order valence-corrected chi connectivity index (χ2v) is 20.0. The van der Waals surface area contributed by atoms with E-state index in [4.69, 9.17) is 9.72 Å². The Bertz CT molecular complexity index is 3560. The van der Waals surface area contributed by atoms with Crippen LogP contribution < -0.4 is 9.30 Å². The molecule has 1 aliphatic carbocycles. The number of para-hydroxylation sites is 3. The summed E-state index contributed by atoms with van der Waals surface area (Å²) in [6, 6.07) is 59.6. The SMILES string of the molecule is CC(C)(C)c1ccnc(-n2c3[c-]c(Oc4[c-]c(-n5[c-][n+]6c7c(cccc75)-c5ccccc5-c5cc7c(cc5-c5ccccc5-6)C(C)(C)CC7(C)C)ccc4)ccc3c3ccccc32)c1.[Pt]. The van der Waals surface area contributed by atoms with E-state index in [-0.39, 0.29) is 37.3 Å². The Labute approximate surface area is 395 Å². The van der Waals surface area contributed by atoms with Crippen LogP contribution in [0.25, 0.3) is 83.4 Å². The third-order valence-electron chi connectivity index (χ3n) is 13.7. The molecular formula is C59H48N4OPt-2. The fraction of sp³-hybridized carbons (Fsp3) is 0.186. The Kier molecular flexibility index (Phi) is 9.34. The van der Waals surface area contributed by atoms with Crippen molar-refractivity contribution >= 4 is 32.8 Å². The van der Waals surface area contributed by atoms with Gasteiger partial charge in [0.25, 0.3) is 6.33 Å². The van der Waals surface area contributed by atoms with Crippen LogP contribution in [0.2, 0.25) is 0 Å². The van der Waals surface area contributed by atoms with Gasteiger partial charge < -0.3 is 13.9 Å². The van der Waals surface area contributed by atoms with Crippen LogP contribution in [0.1, 0.15) is 71.6 Å². The summed E-state index contributed by atoms with van der Waals surface area (Å²) in [5.41, 5.74) is 17.5.